The number of nitrogens with one attached hydrogen (secondary N) is 2. The zero-order valence-corrected chi connectivity index (χ0v) is 11.5. The molecule has 0 spiro atoms. The van der Waals surface area contributed by atoms with E-state index in [9.17, 15) is 18.0 Å². The maximum Gasteiger partial charge on any atom is 0.415 e. The molecule has 0 aliphatic rings. The molecule has 4 N–H and O–H groups in total. The number of hydrogen-bond donors (Lipinski definition) is 3. The molecule has 0 aliphatic carbocycles. The van der Waals surface area contributed by atoms with E-state index in [1.807, 2.05) is 0 Å². The SMILES string of the molecule is CCOC(=O)c1[nH]ccc1NCCOC(CN)C(F)(F)F. The van der Waals surface area contributed by atoms with Crippen LogP contribution in [-0.2, 0) is 9.47 Å². The van der Waals surface area contributed by atoms with E-state index in [1.165, 1.54) is 6.20 Å². The first-order valence-corrected chi connectivity index (χ1v) is 6.36. The summed E-state index contributed by atoms with van der Waals surface area (Å²) in [6.07, 6.45) is -4.96. The van der Waals surface area contributed by atoms with Crippen LogP contribution in [0.15, 0.2) is 12.3 Å². The topological polar surface area (TPSA) is 89.4 Å². The molecule has 21 heavy (non-hydrogen) atoms. The number of carbonyl (C=O) groups is 1. The number of aromatic amines is 1. The monoisotopic (exact) mass is 309 g/mol. The van der Waals surface area contributed by atoms with Crippen LogP contribution in [0, 0.1) is 0 Å². The minimum Gasteiger partial charge on any atom is -0.461 e. The van der Waals surface area contributed by atoms with Crippen molar-refractivity contribution in [3.05, 3.63) is 18.0 Å². The first-order valence-electron chi connectivity index (χ1n) is 6.36. The van der Waals surface area contributed by atoms with Crippen LogP contribution in [-0.4, -0.2) is 49.5 Å². The molecule has 0 saturated heterocycles. The highest BCUT2D eigenvalue weighted by molar-refractivity contribution is 5.93. The summed E-state index contributed by atoms with van der Waals surface area (Å²) in [5, 5.41) is 2.80. The van der Waals surface area contributed by atoms with Crippen LogP contribution >= 0.6 is 0 Å². The zero-order chi connectivity index (χ0) is 15.9. The third kappa shape index (κ3) is 5.27. The smallest absolute Gasteiger partial charge is 0.415 e. The zero-order valence-electron chi connectivity index (χ0n) is 11.5. The van der Waals surface area contributed by atoms with Gasteiger partial charge in [0.15, 0.2) is 6.10 Å². The summed E-state index contributed by atoms with van der Waals surface area (Å²) in [5.74, 6) is -0.541. The number of esters is 1. The van der Waals surface area contributed by atoms with Crippen molar-refractivity contribution in [1.29, 1.82) is 0 Å². The second kappa shape index (κ2) is 7.89. The van der Waals surface area contributed by atoms with Gasteiger partial charge in [-0.2, -0.15) is 13.2 Å². The first kappa shape index (κ1) is 17.3. The van der Waals surface area contributed by atoms with Gasteiger partial charge in [-0.05, 0) is 13.0 Å². The minimum absolute atomic E-state index is 0.0941. The van der Waals surface area contributed by atoms with E-state index in [4.69, 9.17) is 10.5 Å². The van der Waals surface area contributed by atoms with Crippen molar-refractivity contribution in [3.8, 4) is 0 Å². The Morgan fingerprint density at radius 3 is 2.81 bits per heavy atom. The maximum atomic E-state index is 12.4. The van der Waals surface area contributed by atoms with Crippen LogP contribution in [0.2, 0.25) is 0 Å². The number of nitrogens with two attached hydrogens (primary N) is 1. The second-order valence-electron chi connectivity index (χ2n) is 4.05. The van der Waals surface area contributed by atoms with E-state index >= 15 is 0 Å². The molecule has 1 rings (SSSR count). The fourth-order valence-corrected chi connectivity index (χ4v) is 1.57. The van der Waals surface area contributed by atoms with Crippen LogP contribution in [0.1, 0.15) is 17.4 Å². The molecule has 1 heterocycles. The van der Waals surface area contributed by atoms with Gasteiger partial charge in [0.1, 0.15) is 5.69 Å². The molecule has 1 aromatic rings. The van der Waals surface area contributed by atoms with Gasteiger partial charge < -0.3 is 25.5 Å². The van der Waals surface area contributed by atoms with Crippen LogP contribution in [0.4, 0.5) is 18.9 Å². The Bertz CT molecular complexity index is 448. The van der Waals surface area contributed by atoms with Crippen molar-refractivity contribution in [2.24, 2.45) is 5.73 Å². The van der Waals surface area contributed by atoms with Crippen LogP contribution in [0.5, 0.6) is 0 Å². The lowest BCUT2D eigenvalue weighted by Gasteiger charge is -2.19. The van der Waals surface area contributed by atoms with Crippen molar-refractivity contribution in [1.82, 2.24) is 4.98 Å². The number of alkyl halides is 3. The van der Waals surface area contributed by atoms with E-state index in [2.05, 4.69) is 15.0 Å². The van der Waals surface area contributed by atoms with Gasteiger partial charge in [0, 0.05) is 19.3 Å². The fraction of sp³-hybridized carbons (Fsp3) is 0.583. The molecule has 9 heteroatoms. The van der Waals surface area contributed by atoms with Crippen molar-refractivity contribution in [3.63, 3.8) is 0 Å². The highest BCUT2D eigenvalue weighted by Crippen LogP contribution is 2.22. The summed E-state index contributed by atoms with van der Waals surface area (Å²) in [4.78, 5) is 14.3. The Kier molecular flexibility index (Phi) is 6.50. The number of carbonyl (C=O) groups excluding carboxylic acids is 1. The van der Waals surface area contributed by atoms with Gasteiger partial charge in [-0.25, -0.2) is 4.79 Å². The summed E-state index contributed by atoms with van der Waals surface area (Å²) in [6, 6.07) is 1.58. The van der Waals surface area contributed by atoms with Gasteiger partial charge in [0.05, 0.1) is 18.9 Å². The molecule has 1 unspecified atom stereocenters. The highest BCUT2D eigenvalue weighted by Gasteiger charge is 2.39. The van der Waals surface area contributed by atoms with Crippen molar-refractivity contribution >= 4 is 11.7 Å². The Morgan fingerprint density at radius 2 is 2.24 bits per heavy atom. The summed E-state index contributed by atoms with van der Waals surface area (Å²) in [7, 11) is 0. The third-order valence-corrected chi connectivity index (χ3v) is 2.54. The van der Waals surface area contributed by atoms with E-state index < -0.39 is 24.8 Å². The number of H-pyrrole nitrogens is 1. The van der Waals surface area contributed by atoms with E-state index in [1.54, 1.807) is 13.0 Å². The summed E-state index contributed by atoms with van der Waals surface area (Å²) in [6.45, 7) is 1.16. The quantitative estimate of drug-likeness (QED) is 0.500. The lowest BCUT2D eigenvalue weighted by atomic mass is 10.3. The molecule has 0 fully saturated rings. The predicted molar refractivity (Wildman–Crippen MR) is 70.1 cm³/mol. The normalized spacial score (nSPS) is 13.0. The van der Waals surface area contributed by atoms with Gasteiger partial charge in [-0.1, -0.05) is 0 Å². The van der Waals surface area contributed by atoms with Crippen molar-refractivity contribution < 1.29 is 27.4 Å². The molecule has 0 aromatic carbocycles. The summed E-state index contributed by atoms with van der Waals surface area (Å²) < 4.78 is 46.6. The van der Waals surface area contributed by atoms with Gasteiger partial charge in [0.25, 0.3) is 0 Å². The third-order valence-electron chi connectivity index (χ3n) is 2.54. The van der Waals surface area contributed by atoms with Gasteiger partial charge >= 0.3 is 12.1 Å². The van der Waals surface area contributed by atoms with Gasteiger partial charge in [0.2, 0.25) is 0 Å². The molecule has 0 saturated carbocycles. The number of halogens is 3. The molecular weight excluding hydrogens is 291 g/mol. The lowest BCUT2D eigenvalue weighted by molar-refractivity contribution is -0.215. The average molecular weight is 309 g/mol. The Hall–Kier alpha value is -1.74. The molecule has 1 aromatic heterocycles. The van der Waals surface area contributed by atoms with E-state index in [0.29, 0.717) is 5.69 Å². The maximum absolute atomic E-state index is 12.4. The molecule has 0 bridgehead atoms. The number of anilines is 1. The predicted octanol–water partition coefficient (Wildman–Crippen LogP) is 1.51. The standard InChI is InChI=1S/C12H18F3N3O3/c1-2-20-11(19)10-8(3-4-18-10)17-5-6-21-9(7-16)12(13,14)15/h3-4,9,17-18H,2,5-7,16H2,1H3. The molecular formula is C12H18F3N3O3. The molecule has 0 amide bonds. The number of hydrogen-bond acceptors (Lipinski definition) is 5. The van der Waals surface area contributed by atoms with Crippen molar-refractivity contribution in [2.45, 2.75) is 19.2 Å². The van der Waals surface area contributed by atoms with Crippen LogP contribution < -0.4 is 11.1 Å². The Balaban J connectivity index is 2.43. The number of aromatic nitrogens is 1. The van der Waals surface area contributed by atoms with Gasteiger partial charge in [-0.15, -0.1) is 0 Å². The summed E-state index contributed by atoms with van der Waals surface area (Å²) in [5.41, 5.74) is 5.65. The highest BCUT2D eigenvalue weighted by atomic mass is 19.4. The largest absolute Gasteiger partial charge is 0.461 e. The number of ether oxygens (including phenoxy) is 2. The molecule has 6 nitrogen and oxygen atoms in total. The molecule has 1 atom stereocenters. The molecule has 0 aliphatic heterocycles. The fourth-order valence-electron chi connectivity index (χ4n) is 1.57. The average Bonchev–Trinajstić information content (AvgIpc) is 2.86. The van der Waals surface area contributed by atoms with Crippen LogP contribution in [0.25, 0.3) is 0 Å². The van der Waals surface area contributed by atoms with Gasteiger partial charge in [-0.3, -0.25) is 0 Å². The Morgan fingerprint density at radius 1 is 1.52 bits per heavy atom. The number of rotatable bonds is 8. The van der Waals surface area contributed by atoms with Crippen LogP contribution in [0.3, 0.4) is 0 Å². The van der Waals surface area contributed by atoms with E-state index in [0.717, 1.165) is 0 Å². The van der Waals surface area contributed by atoms with Crippen molar-refractivity contribution in [2.75, 3.05) is 31.6 Å². The molecule has 0 radical (unpaired) electrons. The lowest BCUT2D eigenvalue weighted by Crippen LogP contribution is -2.39. The minimum atomic E-state index is -4.49. The second-order valence-corrected chi connectivity index (χ2v) is 4.05. The Labute approximate surface area is 119 Å². The van der Waals surface area contributed by atoms with E-state index in [-0.39, 0.29) is 25.5 Å². The first-order chi connectivity index (χ1) is 9.90. The summed E-state index contributed by atoms with van der Waals surface area (Å²) >= 11 is 0. The molecule has 120 valence electrons.